The molecule has 0 N–H and O–H groups in total. The van der Waals surface area contributed by atoms with Crippen LogP contribution in [0.3, 0.4) is 0 Å². The number of fused-ring (bicyclic) bond motifs is 6. The molecule has 0 radical (unpaired) electrons. The molecule has 0 aliphatic rings. The molecule has 5 heteroatoms. The summed E-state index contributed by atoms with van der Waals surface area (Å²) < 4.78 is 4.46. The summed E-state index contributed by atoms with van der Waals surface area (Å²) in [7, 11) is 0. The monoisotopic (exact) mass is 635 g/mol. The van der Waals surface area contributed by atoms with Crippen LogP contribution in [0.5, 0.6) is 0 Å². The van der Waals surface area contributed by atoms with E-state index in [1.807, 2.05) is 60.7 Å². The van der Waals surface area contributed by atoms with E-state index in [1.54, 1.807) is 0 Å². The Bertz CT molecular complexity index is 2850. The summed E-state index contributed by atoms with van der Waals surface area (Å²) in [6, 6.07) is 55.8. The summed E-state index contributed by atoms with van der Waals surface area (Å²) in [6.45, 7) is 7.62. The third-order valence-corrected chi connectivity index (χ3v) is 9.58. The van der Waals surface area contributed by atoms with Gasteiger partial charge in [-0.15, -0.1) is 0 Å². The summed E-state index contributed by atoms with van der Waals surface area (Å²) in [6.07, 6.45) is 0. The molecule has 50 heavy (non-hydrogen) atoms. The van der Waals surface area contributed by atoms with Crippen LogP contribution in [0.15, 0.2) is 152 Å². The molecule has 9 aromatic rings. The Morgan fingerprint density at radius 3 is 1.82 bits per heavy atom. The third kappa shape index (κ3) is 4.38. The first-order chi connectivity index (χ1) is 24.7. The molecule has 0 spiro atoms. The third-order valence-electron chi connectivity index (χ3n) is 9.58. The van der Waals surface area contributed by atoms with Crippen LogP contribution in [0.1, 0.15) is 11.1 Å². The van der Waals surface area contributed by atoms with E-state index in [0.29, 0.717) is 16.8 Å². The Hall–Kier alpha value is -7.39. The van der Waals surface area contributed by atoms with Gasteiger partial charge in [-0.2, -0.15) is 10.5 Å². The Balaban J connectivity index is 1.24. The standard InChI is InChI=1S/C45H25N5/c1-48-34-20-22-43-39(26-34)38-23-29(27-46)19-21-42(38)50(43)44-18-8-12-33(28-47)45(44)32-11-6-9-30(24-32)31-10-7-13-35(25-31)49-40-16-4-2-14-36(40)37-15-3-5-17-41(37)49/h2-26H. The minimum atomic E-state index is 0.528. The smallest absolute Gasteiger partial charge is 0.188 e. The number of hydrogen-bond acceptors (Lipinski definition) is 2. The van der Waals surface area contributed by atoms with E-state index < -0.39 is 0 Å². The summed E-state index contributed by atoms with van der Waals surface area (Å²) in [5.41, 5.74) is 11.5. The molecular formula is C45H25N5. The first kappa shape index (κ1) is 28.8. The average Bonchev–Trinajstić information content (AvgIpc) is 3.69. The van der Waals surface area contributed by atoms with Crippen LogP contribution in [0.2, 0.25) is 0 Å². The van der Waals surface area contributed by atoms with Crippen LogP contribution in [-0.4, -0.2) is 9.13 Å². The zero-order valence-electron chi connectivity index (χ0n) is 26.7. The lowest BCUT2D eigenvalue weighted by molar-refractivity contribution is 1.18. The Morgan fingerprint density at radius 2 is 1.10 bits per heavy atom. The van der Waals surface area contributed by atoms with Gasteiger partial charge in [0, 0.05) is 27.4 Å². The topological polar surface area (TPSA) is 61.8 Å². The maximum Gasteiger partial charge on any atom is 0.188 e. The van der Waals surface area contributed by atoms with E-state index in [4.69, 9.17) is 6.57 Å². The van der Waals surface area contributed by atoms with Gasteiger partial charge in [0.25, 0.3) is 0 Å². The van der Waals surface area contributed by atoms with Crippen molar-refractivity contribution >= 4 is 49.3 Å². The fourth-order valence-electron chi connectivity index (χ4n) is 7.41. The second kappa shape index (κ2) is 11.4. The molecule has 0 fully saturated rings. The van der Waals surface area contributed by atoms with Crippen molar-refractivity contribution in [2.24, 2.45) is 0 Å². The highest BCUT2D eigenvalue weighted by Gasteiger charge is 2.20. The number of nitriles is 2. The second-order valence-corrected chi connectivity index (χ2v) is 12.3. The first-order valence-electron chi connectivity index (χ1n) is 16.3. The van der Waals surface area contributed by atoms with Crippen molar-refractivity contribution in [3.8, 4) is 45.8 Å². The van der Waals surface area contributed by atoms with Crippen LogP contribution in [0.25, 0.3) is 82.1 Å². The number of para-hydroxylation sites is 2. The number of nitrogens with zero attached hydrogens (tertiary/aromatic N) is 5. The molecule has 230 valence electrons. The zero-order chi connectivity index (χ0) is 33.8. The molecule has 9 rings (SSSR count). The van der Waals surface area contributed by atoms with Crippen molar-refractivity contribution < 1.29 is 0 Å². The van der Waals surface area contributed by atoms with Gasteiger partial charge in [-0.25, -0.2) is 4.85 Å². The molecule has 0 bridgehead atoms. The van der Waals surface area contributed by atoms with Gasteiger partial charge in [-0.3, -0.25) is 0 Å². The Labute approximate surface area is 288 Å². The summed E-state index contributed by atoms with van der Waals surface area (Å²) in [5.74, 6) is 0. The number of rotatable bonds is 4. The van der Waals surface area contributed by atoms with Crippen molar-refractivity contribution in [1.82, 2.24) is 9.13 Å². The maximum absolute atomic E-state index is 10.4. The highest BCUT2D eigenvalue weighted by atomic mass is 15.0. The van der Waals surface area contributed by atoms with Crippen molar-refractivity contribution in [3.63, 3.8) is 0 Å². The van der Waals surface area contributed by atoms with Crippen LogP contribution < -0.4 is 0 Å². The molecule has 2 aromatic heterocycles. The predicted molar refractivity (Wildman–Crippen MR) is 202 cm³/mol. The van der Waals surface area contributed by atoms with E-state index >= 15 is 0 Å². The van der Waals surface area contributed by atoms with Gasteiger partial charge >= 0.3 is 0 Å². The molecule has 5 nitrogen and oxygen atoms in total. The number of benzene rings is 7. The average molecular weight is 636 g/mol. The molecule has 2 heterocycles. The molecule has 0 unspecified atom stereocenters. The van der Waals surface area contributed by atoms with Crippen molar-refractivity contribution in [2.45, 2.75) is 0 Å². The van der Waals surface area contributed by atoms with Gasteiger partial charge < -0.3 is 9.13 Å². The minimum Gasteiger partial charge on any atom is -0.309 e. The summed E-state index contributed by atoms with van der Waals surface area (Å²) in [4.78, 5) is 3.67. The van der Waals surface area contributed by atoms with Crippen LogP contribution in [0, 0.1) is 29.2 Å². The molecule has 0 saturated heterocycles. The van der Waals surface area contributed by atoms with Gasteiger partial charge in [0.1, 0.15) is 0 Å². The number of aromatic nitrogens is 2. The minimum absolute atomic E-state index is 0.528. The molecule has 0 amide bonds. The van der Waals surface area contributed by atoms with E-state index in [2.05, 4.69) is 117 Å². The lowest BCUT2D eigenvalue weighted by Gasteiger charge is -2.16. The summed E-state index contributed by atoms with van der Waals surface area (Å²) in [5, 5.41) is 24.3. The lowest BCUT2D eigenvalue weighted by Crippen LogP contribution is -1.99. The fraction of sp³-hybridized carbons (Fsp3) is 0. The maximum atomic E-state index is 10.4. The quantitative estimate of drug-likeness (QED) is 0.181. The van der Waals surface area contributed by atoms with E-state index in [-0.39, 0.29) is 0 Å². The zero-order valence-corrected chi connectivity index (χ0v) is 26.7. The Kier molecular flexibility index (Phi) is 6.56. The highest BCUT2D eigenvalue weighted by Crippen LogP contribution is 2.40. The van der Waals surface area contributed by atoms with Crippen LogP contribution in [0.4, 0.5) is 5.69 Å². The molecule has 7 aromatic carbocycles. The van der Waals surface area contributed by atoms with Gasteiger partial charge in [-0.05, 0) is 94.9 Å². The van der Waals surface area contributed by atoms with Crippen molar-refractivity contribution in [1.29, 1.82) is 10.5 Å². The Morgan fingerprint density at radius 1 is 0.480 bits per heavy atom. The van der Waals surface area contributed by atoms with Gasteiger partial charge in [0.05, 0.1) is 57.6 Å². The molecule has 0 aliphatic heterocycles. The van der Waals surface area contributed by atoms with Gasteiger partial charge in [-0.1, -0.05) is 78.9 Å². The van der Waals surface area contributed by atoms with Crippen molar-refractivity contribution in [2.75, 3.05) is 0 Å². The summed E-state index contributed by atoms with van der Waals surface area (Å²) >= 11 is 0. The van der Waals surface area contributed by atoms with Crippen LogP contribution in [-0.2, 0) is 0 Å². The molecule has 0 atom stereocenters. The number of hydrogen-bond donors (Lipinski definition) is 0. The van der Waals surface area contributed by atoms with Gasteiger partial charge in [0.15, 0.2) is 5.69 Å². The largest absolute Gasteiger partial charge is 0.309 e. The van der Waals surface area contributed by atoms with E-state index in [9.17, 15) is 10.5 Å². The first-order valence-corrected chi connectivity index (χ1v) is 16.3. The SMILES string of the molecule is [C-]#[N+]c1ccc2c(c1)c1cc(C#N)ccc1n2-c1cccc(C#N)c1-c1cccc(-c2cccc(-n3c4ccccc4c4ccccc43)c2)c1. The lowest BCUT2D eigenvalue weighted by atomic mass is 9.94. The molecular weight excluding hydrogens is 611 g/mol. The van der Waals surface area contributed by atoms with Crippen LogP contribution >= 0.6 is 0 Å². The molecule has 0 saturated carbocycles. The predicted octanol–water partition coefficient (Wildman–Crippen LogP) is 11.5. The fourth-order valence-corrected chi connectivity index (χ4v) is 7.41. The molecule has 0 aliphatic carbocycles. The normalized spacial score (nSPS) is 11.1. The van der Waals surface area contributed by atoms with Gasteiger partial charge in [0.2, 0.25) is 0 Å². The second-order valence-electron chi connectivity index (χ2n) is 12.3. The highest BCUT2D eigenvalue weighted by molar-refractivity contribution is 6.12. The van der Waals surface area contributed by atoms with Crippen molar-refractivity contribution in [3.05, 3.63) is 174 Å². The van der Waals surface area contributed by atoms with E-state index in [0.717, 1.165) is 66.5 Å². The van der Waals surface area contributed by atoms with E-state index in [1.165, 1.54) is 10.8 Å².